The lowest BCUT2D eigenvalue weighted by molar-refractivity contribution is -0.115. The van der Waals surface area contributed by atoms with Crippen LogP contribution in [-0.2, 0) is 11.2 Å². The van der Waals surface area contributed by atoms with Gasteiger partial charge in [-0.1, -0.05) is 36.7 Å². The Balaban J connectivity index is 1.68. The highest BCUT2D eigenvalue weighted by atomic mass is 35.5. The van der Waals surface area contributed by atoms with E-state index in [2.05, 4.69) is 10.3 Å². The minimum absolute atomic E-state index is 0.0933. The molecule has 0 fully saturated rings. The molecule has 0 radical (unpaired) electrons. The Bertz CT molecular complexity index is 878. The van der Waals surface area contributed by atoms with Crippen LogP contribution in [0.5, 0.6) is 5.75 Å². The van der Waals surface area contributed by atoms with Crippen molar-refractivity contribution in [3.8, 4) is 17.2 Å². The largest absolute Gasteiger partial charge is 0.491 e. The van der Waals surface area contributed by atoms with Crippen LogP contribution in [0, 0.1) is 0 Å². The molecule has 0 saturated heterocycles. The highest BCUT2D eigenvalue weighted by molar-refractivity contribution is 6.31. The van der Waals surface area contributed by atoms with Crippen LogP contribution in [0.25, 0.3) is 11.5 Å². The van der Waals surface area contributed by atoms with Gasteiger partial charge in [0.2, 0.25) is 11.8 Å². The second-order valence-electron chi connectivity index (χ2n) is 5.72. The van der Waals surface area contributed by atoms with Gasteiger partial charge < -0.3 is 14.5 Å². The predicted octanol–water partition coefficient (Wildman–Crippen LogP) is 4.97. The van der Waals surface area contributed by atoms with E-state index < -0.39 is 0 Å². The number of amides is 1. The number of rotatable bonds is 7. The van der Waals surface area contributed by atoms with E-state index in [1.165, 1.54) is 6.26 Å². The third-order valence-corrected chi connectivity index (χ3v) is 3.83. The monoisotopic (exact) mass is 370 g/mol. The summed E-state index contributed by atoms with van der Waals surface area (Å²) in [5, 5.41) is 3.35. The molecule has 0 spiro atoms. The summed E-state index contributed by atoms with van der Waals surface area (Å²) in [6, 6.07) is 14.7. The number of hydrogen-bond acceptors (Lipinski definition) is 4. The zero-order chi connectivity index (χ0) is 18.4. The molecule has 134 valence electrons. The van der Waals surface area contributed by atoms with Crippen molar-refractivity contribution in [3.63, 3.8) is 0 Å². The van der Waals surface area contributed by atoms with Crippen molar-refractivity contribution in [1.29, 1.82) is 0 Å². The van der Waals surface area contributed by atoms with E-state index in [9.17, 15) is 4.79 Å². The van der Waals surface area contributed by atoms with Gasteiger partial charge in [-0.3, -0.25) is 4.79 Å². The molecule has 0 aliphatic heterocycles. The van der Waals surface area contributed by atoms with E-state index >= 15 is 0 Å². The van der Waals surface area contributed by atoms with Gasteiger partial charge >= 0.3 is 0 Å². The van der Waals surface area contributed by atoms with Crippen LogP contribution in [0.1, 0.15) is 19.0 Å². The van der Waals surface area contributed by atoms with Gasteiger partial charge in [-0.2, -0.15) is 0 Å². The second kappa shape index (κ2) is 8.54. The second-order valence-corrected chi connectivity index (χ2v) is 6.16. The van der Waals surface area contributed by atoms with E-state index in [1.54, 1.807) is 18.2 Å². The number of carbonyl (C=O) groups is 1. The fourth-order valence-electron chi connectivity index (χ4n) is 2.40. The quantitative estimate of drug-likeness (QED) is 0.638. The summed E-state index contributed by atoms with van der Waals surface area (Å²) in [4.78, 5) is 16.7. The van der Waals surface area contributed by atoms with Crippen LogP contribution in [0.3, 0.4) is 0 Å². The summed E-state index contributed by atoms with van der Waals surface area (Å²) < 4.78 is 11.1. The van der Waals surface area contributed by atoms with Crippen LogP contribution in [-0.4, -0.2) is 17.5 Å². The summed E-state index contributed by atoms with van der Waals surface area (Å²) in [5.41, 5.74) is 1.96. The summed E-state index contributed by atoms with van der Waals surface area (Å²) in [6.45, 7) is 2.58. The molecule has 0 bridgehead atoms. The fourth-order valence-corrected chi connectivity index (χ4v) is 2.57. The summed E-state index contributed by atoms with van der Waals surface area (Å²) in [6.07, 6.45) is 2.46. The summed E-state index contributed by atoms with van der Waals surface area (Å²) in [7, 11) is 0. The van der Waals surface area contributed by atoms with Gasteiger partial charge in [0.15, 0.2) is 0 Å². The molecule has 2 aromatic carbocycles. The lowest BCUT2D eigenvalue weighted by Gasteiger charge is -2.12. The number of halogens is 1. The lowest BCUT2D eigenvalue weighted by Crippen LogP contribution is -2.15. The molecule has 5 nitrogen and oxygen atoms in total. The number of benzene rings is 2. The van der Waals surface area contributed by atoms with Crippen molar-refractivity contribution < 1.29 is 13.9 Å². The molecule has 0 atom stereocenters. The zero-order valence-electron chi connectivity index (χ0n) is 14.4. The first-order valence-electron chi connectivity index (χ1n) is 8.37. The van der Waals surface area contributed by atoms with Crippen LogP contribution in [0.4, 0.5) is 5.69 Å². The Morgan fingerprint density at radius 3 is 2.81 bits per heavy atom. The molecule has 3 aromatic rings. The molecule has 26 heavy (non-hydrogen) atoms. The molecular weight excluding hydrogens is 352 g/mol. The van der Waals surface area contributed by atoms with Crippen molar-refractivity contribution in [1.82, 2.24) is 4.98 Å². The van der Waals surface area contributed by atoms with E-state index in [-0.39, 0.29) is 12.3 Å². The van der Waals surface area contributed by atoms with Gasteiger partial charge in [0.1, 0.15) is 12.0 Å². The number of aromatic nitrogens is 1. The summed E-state index contributed by atoms with van der Waals surface area (Å²) >= 11 is 6.03. The topological polar surface area (TPSA) is 64.4 Å². The first-order valence-corrected chi connectivity index (χ1v) is 8.75. The first-order chi connectivity index (χ1) is 12.7. The van der Waals surface area contributed by atoms with Crippen molar-refractivity contribution in [2.24, 2.45) is 0 Å². The smallest absolute Gasteiger partial charge is 0.230 e. The molecule has 1 amide bonds. The number of anilines is 1. The minimum atomic E-state index is -0.221. The molecule has 1 N–H and O–H groups in total. The van der Waals surface area contributed by atoms with Gasteiger partial charge in [0.05, 0.1) is 24.4 Å². The van der Waals surface area contributed by atoms with Gasteiger partial charge in [-0.05, 0) is 36.8 Å². The van der Waals surface area contributed by atoms with E-state index in [0.717, 1.165) is 12.0 Å². The van der Waals surface area contributed by atoms with Crippen LogP contribution >= 0.6 is 11.6 Å². The Kier molecular flexibility index (Phi) is 5.92. The molecule has 3 rings (SSSR count). The predicted molar refractivity (Wildman–Crippen MR) is 102 cm³/mol. The fraction of sp³-hybridized carbons (Fsp3) is 0.200. The number of nitrogens with one attached hydrogen (secondary N) is 1. The number of ether oxygens (including phenoxy) is 1. The Morgan fingerprint density at radius 2 is 2.04 bits per heavy atom. The molecule has 0 unspecified atom stereocenters. The van der Waals surface area contributed by atoms with E-state index in [1.807, 2.05) is 37.3 Å². The van der Waals surface area contributed by atoms with Crippen molar-refractivity contribution in [3.05, 3.63) is 65.5 Å². The maximum Gasteiger partial charge on any atom is 0.230 e. The maximum atomic E-state index is 12.4. The number of nitrogens with zero attached hydrogens (tertiary/aromatic N) is 1. The average Bonchev–Trinajstić information content (AvgIpc) is 3.10. The molecular formula is C20H19ClN2O3. The van der Waals surface area contributed by atoms with Gasteiger partial charge in [0.25, 0.3) is 0 Å². The van der Waals surface area contributed by atoms with Crippen molar-refractivity contribution >= 4 is 23.2 Å². The zero-order valence-corrected chi connectivity index (χ0v) is 15.1. The van der Waals surface area contributed by atoms with Crippen LogP contribution < -0.4 is 10.1 Å². The van der Waals surface area contributed by atoms with Crippen molar-refractivity contribution in [2.75, 3.05) is 11.9 Å². The molecule has 6 heteroatoms. The van der Waals surface area contributed by atoms with Crippen LogP contribution in [0.15, 0.2) is 59.2 Å². The van der Waals surface area contributed by atoms with Gasteiger partial charge in [-0.15, -0.1) is 0 Å². The summed E-state index contributed by atoms with van der Waals surface area (Å²) in [5.74, 6) is 0.861. The van der Waals surface area contributed by atoms with Crippen LogP contribution in [0.2, 0.25) is 5.02 Å². The Morgan fingerprint density at radius 1 is 1.23 bits per heavy atom. The number of oxazole rings is 1. The highest BCUT2D eigenvalue weighted by Gasteiger charge is 2.13. The standard InChI is InChI=1S/C20H19ClN2O3/c1-2-10-25-18-9-8-15(21)11-17(18)23-19(24)12-16-13-26-20(22-16)14-6-4-3-5-7-14/h3-9,11,13H,2,10,12H2,1H3,(H,23,24). The molecule has 0 aliphatic carbocycles. The highest BCUT2D eigenvalue weighted by Crippen LogP contribution is 2.28. The Hall–Kier alpha value is -2.79. The third-order valence-electron chi connectivity index (χ3n) is 3.59. The average molecular weight is 371 g/mol. The first kappa shape index (κ1) is 18.0. The molecule has 0 saturated carbocycles. The van der Waals surface area contributed by atoms with Gasteiger partial charge in [0, 0.05) is 10.6 Å². The van der Waals surface area contributed by atoms with Crippen molar-refractivity contribution in [2.45, 2.75) is 19.8 Å². The lowest BCUT2D eigenvalue weighted by atomic mass is 10.2. The SMILES string of the molecule is CCCOc1ccc(Cl)cc1NC(=O)Cc1coc(-c2ccccc2)n1. The van der Waals surface area contributed by atoms with E-state index in [4.69, 9.17) is 20.8 Å². The normalized spacial score (nSPS) is 10.5. The molecule has 1 heterocycles. The molecule has 0 aliphatic rings. The number of hydrogen-bond donors (Lipinski definition) is 1. The molecule has 1 aromatic heterocycles. The number of carbonyl (C=O) groups excluding carboxylic acids is 1. The van der Waals surface area contributed by atoms with Gasteiger partial charge in [-0.25, -0.2) is 4.98 Å². The maximum absolute atomic E-state index is 12.4. The third kappa shape index (κ3) is 4.64. The van der Waals surface area contributed by atoms with E-state index in [0.29, 0.717) is 34.7 Å². The Labute approximate surface area is 157 Å². The minimum Gasteiger partial charge on any atom is -0.491 e.